The topological polar surface area (TPSA) is 59.6 Å². The summed E-state index contributed by atoms with van der Waals surface area (Å²) in [5.74, 6) is 0. The molecule has 0 aromatic rings. The number of nitrogens with one attached hydrogen (secondary N) is 3. The molecule has 0 rings (SSSR count). The summed E-state index contributed by atoms with van der Waals surface area (Å²) in [5.41, 5.74) is 5.75. The molecule has 5 heteroatoms. The van der Waals surface area contributed by atoms with Crippen LogP contribution in [0.25, 0.3) is 0 Å². The predicted molar refractivity (Wildman–Crippen MR) is 44.8 cm³/mol. The van der Waals surface area contributed by atoms with Gasteiger partial charge in [-0.2, -0.15) is 5.12 Å². The molecular formula is C6H18N4O. The predicted octanol–water partition coefficient (Wildman–Crippen LogP) is -1.86. The second kappa shape index (κ2) is 6.51. The summed E-state index contributed by atoms with van der Waals surface area (Å²) in [7, 11) is 5.40. The lowest BCUT2D eigenvalue weighted by molar-refractivity contribution is 0.0593. The molecule has 0 aromatic heterocycles. The highest BCUT2D eigenvalue weighted by Crippen LogP contribution is 1.82. The third kappa shape index (κ3) is 5.11. The largest absolute Gasteiger partial charge is 0.390 e. The van der Waals surface area contributed by atoms with Crippen molar-refractivity contribution in [3.63, 3.8) is 0 Å². The number of hydrogen-bond acceptors (Lipinski definition) is 5. The molecule has 0 aromatic carbocycles. The molecule has 0 fully saturated rings. The van der Waals surface area contributed by atoms with Crippen molar-refractivity contribution in [3.05, 3.63) is 0 Å². The fourth-order valence-corrected chi connectivity index (χ4v) is 0.805. The Morgan fingerprint density at radius 1 is 1.27 bits per heavy atom. The van der Waals surface area contributed by atoms with Crippen molar-refractivity contribution in [1.29, 1.82) is 0 Å². The van der Waals surface area contributed by atoms with Crippen LogP contribution < -0.4 is 16.2 Å². The van der Waals surface area contributed by atoms with Crippen molar-refractivity contribution in [2.45, 2.75) is 6.10 Å². The van der Waals surface area contributed by atoms with Crippen LogP contribution in [0.1, 0.15) is 0 Å². The average molecular weight is 162 g/mol. The van der Waals surface area contributed by atoms with E-state index in [0.29, 0.717) is 13.1 Å². The molecule has 0 radical (unpaired) electrons. The molecular weight excluding hydrogens is 144 g/mol. The zero-order valence-electron chi connectivity index (χ0n) is 7.39. The first-order valence-corrected chi connectivity index (χ1v) is 3.69. The molecule has 0 bridgehead atoms. The standard InChI is InChI=1S/C6H18N4O/c1-7-4-6(11)5-10(8-2)9-3/h6-9,11H,4-5H2,1-3H3. The minimum atomic E-state index is -0.361. The Hall–Kier alpha value is -0.200. The van der Waals surface area contributed by atoms with E-state index in [-0.39, 0.29) is 6.10 Å². The van der Waals surface area contributed by atoms with Crippen LogP contribution in [0.5, 0.6) is 0 Å². The van der Waals surface area contributed by atoms with E-state index < -0.39 is 0 Å². The zero-order valence-corrected chi connectivity index (χ0v) is 7.39. The van der Waals surface area contributed by atoms with E-state index in [0.717, 1.165) is 0 Å². The quantitative estimate of drug-likeness (QED) is 0.345. The van der Waals surface area contributed by atoms with E-state index in [2.05, 4.69) is 16.2 Å². The number of aliphatic hydroxyl groups excluding tert-OH is 1. The second-order valence-electron chi connectivity index (χ2n) is 2.27. The summed E-state index contributed by atoms with van der Waals surface area (Å²) >= 11 is 0. The molecule has 0 saturated heterocycles. The van der Waals surface area contributed by atoms with Crippen LogP contribution in [0, 0.1) is 0 Å². The van der Waals surface area contributed by atoms with Gasteiger partial charge in [-0.1, -0.05) is 0 Å². The van der Waals surface area contributed by atoms with Crippen molar-refractivity contribution in [2.24, 2.45) is 0 Å². The van der Waals surface area contributed by atoms with Crippen molar-refractivity contribution in [2.75, 3.05) is 34.2 Å². The van der Waals surface area contributed by atoms with Gasteiger partial charge in [0, 0.05) is 20.6 Å². The van der Waals surface area contributed by atoms with Gasteiger partial charge in [0.2, 0.25) is 0 Å². The van der Waals surface area contributed by atoms with Crippen LogP contribution in [0.15, 0.2) is 0 Å². The summed E-state index contributed by atoms with van der Waals surface area (Å²) in [5, 5.41) is 13.9. The highest BCUT2D eigenvalue weighted by atomic mass is 16.3. The van der Waals surface area contributed by atoms with E-state index in [1.165, 1.54) is 0 Å². The average Bonchev–Trinajstić information content (AvgIpc) is 2.01. The molecule has 1 unspecified atom stereocenters. The zero-order chi connectivity index (χ0) is 8.69. The lowest BCUT2D eigenvalue weighted by Gasteiger charge is -2.22. The Bertz CT molecular complexity index is 86.7. The van der Waals surface area contributed by atoms with Gasteiger partial charge in [-0.15, -0.1) is 0 Å². The second-order valence-corrected chi connectivity index (χ2v) is 2.27. The molecule has 0 aliphatic carbocycles. The summed E-state index contributed by atoms with van der Waals surface area (Å²) in [6, 6.07) is 0. The molecule has 11 heavy (non-hydrogen) atoms. The van der Waals surface area contributed by atoms with Crippen LogP contribution in [0.3, 0.4) is 0 Å². The maximum atomic E-state index is 9.30. The van der Waals surface area contributed by atoms with E-state index in [1.807, 2.05) is 7.05 Å². The van der Waals surface area contributed by atoms with Gasteiger partial charge >= 0.3 is 0 Å². The number of hydrazine groups is 2. The minimum Gasteiger partial charge on any atom is -0.390 e. The number of hydrogen-bond donors (Lipinski definition) is 4. The first-order chi connectivity index (χ1) is 5.24. The minimum absolute atomic E-state index is 0.361. The van der Waals surface area contributed by atoms with Gasteiger partial charge in [0.05, 0.1) is 12.6 Å². The molecule has 1 atom stereocenters. The smallest absolute Gasteiger partial charge is 0.0819 e. The van der Waals surface area contributed by atoms with Gasteiger partial charge in [-0.25, -0.2) is 10.9 Å². The summed E-state index contributed by atoms with van der Waals surface area (Å²) < 4.78 is 0. The maximum absolute atomic E-state index is 9.30. The van der Waals surface area contributed by atoms with Crippen LogP contribution in [-0.4, -0.2) is 50.6 Å². The van der Waals surface area contributed by atoms with Gasteiger partial charge in [0.15, 0.2) is 0 Å². The highest BCUT2D eigenvalue weighted by Gasteiger charge is 2.06. The van der Waals surface area contributed by atoms with Gasteiger partial charge in [0.1, 0.15) is 0 Å². The fourth-order valence-electron chi connectivity index (χ4n) is 0.805. The summed E-state index contributed by atoms with van der Waals surface area (Å²) in [4.78, 5) is 0. The van der Waals surface area contributed by atoms with E-state index in [1.54, 1.807) is 19.2 Å². The van der Waals surface area contributed by atoms with Gasteiger partial charge in [-0.3, -0.25) is 0 Å². The monoisotopic (exact) mass is 162 g/mol. The SMILES string of the molecule is CNCC(O)CN(NC)NC. The third-order valence-corrected chi connectivity index (χ3v) is 1.37. The Kier molecular flexibility index (Phi) is 6.39. The molecule has 0 aliphatic rings. The van der Waals surface area contributed by atoms with Crippen LogP contribution in [-0.2, 0) is 0 Å². The Labute approximate surface area is 67.7 Å². The Morgan fingerprint density at radius 2 is 1.82 bits per heavy atom. The molecule has 68 valence electrons. The Balaban J connectivity index is 3.44. The number of likely N-dealkylation sites (N-methyl/N-ethyl adjacent to an activating group) is 1. The fraction of sp³-hybridized carbons (Fsp3) is 1.00. The third-order valence-electron chi connectivity index (χ3n) is 1.37. The van der Waals surface area contributed by atoms with Gasteiger partial charge < -0.3 is 10.4 Å². The summed E-state index contributed by atoms with van der Waals surface area (Å²) in [6.07, 6.45) is -0.361. The molecule has 5 nitrogen and oxygen atoms in total. The van der Waals surface area contributed by atoms with Crippen LogP contribution >= 0.6 is 0 Å². The van der Waals surface area contributed by atoms with E-state index >= 15 is 0 Å². The van der Waals surface area contributed by atoms with E-state index in [9.17, 15) is 5.11 Å². The highest BCUT2D eigenvalue weighted by molar-refractivity contribution is 4.59. The molecule has 0 saturated carbocycles. The van der Waals surface area contributed by atoms with Gasteiger partial charge in [0.25, 0.3) is 0 Å². The first-order valence-electron chi connectivity index (χ1n) is 3.69. The molecule has 4 N–H and O–H groups in total. The molecule has 0 amide bonds. The first kappa shape index (κ1) is 10.8. The number of aliphatic hydroxyl groups is 1. The lowest BCUT2D eigenvalue weighted by atomic mass is 10.3. The number of nitrogens with zero attached hydrogens (tertiary/aromatic N) is 1. The van der Waals surface area contributed by atoms with Crippen molar-refractivity contribution < 1.29 is 5.11 Å². The molecule has 0 spiro atoms. The van der Waals surface area contributed by atoms with Crippen LogP contribution in [0.2, 0.25) is 0 Å². The Morgan fingerprint density at radius 3 is 2.18 bits per heavy atom. The van der Waals surface area contributed by atoms with Crippen LogP contribution in [0.4, 0.5) is 0 Å². The maximum Gasteiger partial charge on any atom is 0.0819 e. The summed E-state index contributed by atoms with van der Waals surface area (Å²) in [6.45, 7) is 1.15. The molecule has 0 heterocycles. The number of rotatable bonds is 6. The van der Waals surface area contributed by atoms with Gasteiger partial charge in [-0.05, 0) is 7.05 Å². The van der Waals surface area contributed by atoms with Crippen molar-refractivity contribution in [1.82, 2.24) is 21.3 Å². The van der Waals surface area contributed by atoms with E-state index in [4.69, 9.17) is 0 Å². The lowest BCUT2D eigenvalue weighted by Crippen LogP contribution is -2.49. The van der Waals surface area contributed by atoms with Crippen molar-refractivity contribution >= 4 is 0 Å². The molecule has 0 aliphatic heterocycles. The normalized spacial score (nSPS) is 13.9. The van der Waals surface area contributed by atoms with Crippen molar-refractivity contribution in [3.8, 4) is 0 Å².